The Labute approximate surface area is 177 Å². The van der Waals surface area contributed by atoms with Crippen molar-refractivity contribution in [3.8, 4) is 0 Å². The van der Waals surface area contributed by atoms with E-state index in [0.29, 0.717) is 0 Å². The Hall–Kier alpha value is -1.09. The molecule has 0 atom stereocenters. The van der Waals surface area contributed by atoms with Gasteiger partial charge in [0.25, 0.3) is 0 Å². The number of guanidine groups is 1. The molecule has 1 fully saturated rings. The highest BCUT2D eigenvalue weighted by Crippen LogP contribution is 2.41. The molecule has 5 nitrogen and oxygen atoms in total. The van der Waals surface area contributed by atoms with Gasteiger partial charge in [0.1, 0.15) is 0 Å². The van der Waals surface area contributed by atoms with Gasteiger partial charge in [0.15, 0.2) is 5.96 Å². The van der Waals surface area contributed by atoms with E-state index in [1.54, 1.807) is 0 Å². The summed E-state index contributed by atoms with van der Waals surface area (Å²) in [6.07, 6.45) is 12.2. The largest absolute Gasteiger partial charge is 0.357 e. The van der Waals surface area contributed by atoms with Gasteiger partial charge in [-0.3, -0.25) is 4.99 Å². The SMILES string of the molecule is CCNC(=NCC1(c2cccs2)CCCCC1)NCCn1ccnc1.I. The van der Waals surface area contributed by atoms with Gasteiger partial charge in [-0.05, 0) is 31.2 Å². The zero-order chi connectivity index (χ0) is 17.4. The van der Waals surface area contributed by atoms with Crippen LogP contribution in [0.15, 0.2) is 41.2 Å². The number of halogens is 1. The third kappa shape index (κ3) is 5.70. The van der Waals surface area contributed by atoms with Gasteiger partial charge in [0.2, 0.25) is 0 Å². The molecule has 1 saturated carbocycles. The highest BCUT2D eigenvalue weighted by atomic mass is 127. The second-order valence-corrected chi connectivity index (χ2v) is 7.69. The summed E-state index contributed by atoms with van der Waals surface area (Å²) in [5, 5.41) is 9.04. The van der Waals surface area contributed by atoms with Crippen molar-refractivity contribution in [3.63, 3.8) is 0 Å². The van der Waals surface area contributed by atoms with E-state index in [4.69, 9.17) is 4.99 Å². The predicted octanol–water partition coefficient (Wildman–Crippen LogP) is 4.02. The van der Waals surface area contributed by atoms with Gasteiger partial charge in [0.05, 0.1) is 12.9 Å². The van der Waals surface area contributed by atoms with E-state index in [2.05, 4.69) is 44.6 Å². The van der Waals surface area contributed by atoms with Gasteiger partial charge >= 0.3 is 0 Å². The van der Waals surface area contributed by atoms with Gasteiger partial charge in [-0.2, -0.15) is 0 Å². The summed E-state index contributed by atoms with van der Waals surface area (Å²) in [5.74, 6) is 0.920. The number of aliphatic imine (C=N–C) groups is 1. The second-order valence-electron chi connectivity index (χ2n) is 6.74. The highest BCUT2D eigenvalue weighted by molar-refractivity contribution is 14.0. The van der Waals surface area contributed by atoms with E-state index in [1.165, 1.54) is 37.0 Å². The standard InChI is InChI=1S/C19H29N5S.HI/c1-2-21-18(22-11-13-24-12-10-20-16-24)23-15-19(8-4-3-5-9-19)17-7-6-14-25-17;/h6-7,10,12,14,16H,2-5,8-9,11,13,15H2,1H3,(H2,21,22,23);1H. The molecule has 0 saturated heterocycles. The van der Waals surface area contributed by atoms with Crippen LogP contribution in [0, 0.1) is 0 Å². The zero-order valence-corrected chi connectivity index (χ0v) is 18.6. The fraction of sp³-hybridized carbons (Fsp3) is 0.579. The molecular formula is C19H30IN5S. The lowest BCUT2D eigenvalue weighted by atomic mass is 9.73. The van der Waals surface area contributed by atoms with Gasteiger partial charge in [-0.25, -0.2) is 4.98 Å². The molecule has 0 amide bonds. The van der Waals surface area contributed by atoms with Crippen LogP contribution >= 0.6 is 35.3 Å². The molecule has 2 aromatic rings. The Balaban J connectivity index is 0.00000243. The van der Waals surface area contributed by atoms with Crippen LogP contribution in [0.3, 0.4) is 0 Å². The van der Waals surface area contributed by atoms with Crippen molar-refractivity contribution >= 4 is 41.3 Å². The van der Waals surface area contributed by atoms with Crippen LogP contribution in [0.2, 0.25) is 0 Å². The first kappa shape index (κ1) is 21.2. The molecular weight excluding hydrogens is 457 g/mol. The molecule has 0 aromatic carbocycles. The third-order valence-electron chi connectivity index (χ3n) is 4.96. The van der Waals surface area contributed by atoms with Crippen molar-refractivity contribution in [2.75, 3.05) is 19.6 Å². The van der Waals surface area contributed by atoms with Crippen LogP contribution in [0.5, 0.6) is 0 Å². The Morgan fingerprint density at radius 3 is 2.81 bits per heavy atom. The van der Waals surface area contributed by atoms with Crippen molar-refractivity contribution < 1.29 is 0 Å². The average molecular weight is 487 g/mol. The average Bonchev–Trinajstić information content (AvgIpc) is 3.34. The quantitative estimate of drug-likeness (QED) is 0.353. The molecule has 2 aromatic heterocycles. The normalized spacial score (nSPS) is 16.7. The number of hydrogen-bond acceptors (Lipinski definition) is 3. The summed E-state index contributed by atoms with van der Waals surface area (Å²) in [7, 11) is 0. The summed E-state index contributed by atoms with van der Waals surface area (Å²) >= 11 is 1.89. The van der Waals surface area contributed by atoms with Crippen molar-refractivity contribution in [1.82, 2.24) is 20.2 Å². The first-order valence-electron chi connectivity index (χ1n) is 9.34. The molecule has 0 unspecified atom stereocenters. The number of aromatic nitrogens is 2. The van der Waals surface area contributed by atoms with Crippen LogP contribution in [-0.4, -0.2) is 35.1 Å². The van der Waals surface area contributed by atoms with Crippen molar-refractivity contribution in [3.05, 3.63) is 41.1 Å². The minimum absolute atomic E-state index is 0. The Morgan fingerprint density at radius 2 is 2.15 bits per heavy atom. The minimum atomic E-state index is 0. The number of nitrogens with zero attached hydrogens (tertiary/aromatic N) is 3. The molecule has 2 heterocycles. The fourth-order valence-corrected chi connectivity index (χ4v) is 4.57. The van der Waals surface area contributed by atoms with Crippen LogP contribution < -0.4 is 10.6 Å². The van der Waals surface area contributed by atoms with Gasteiger partial charge in [0, 0.05) is 42.3 Å². The second kappa shape index (κ2) is 10.9. The Morgan fingerprint density at radius 1 is 1.31 bits per heavy atom. The summed E-state index contributed by atoms with van der Waals surface area (Å²) in [5.41, 5.74) is 0.235. The maximum Gasteiger partial charge on any atom is 0.191 e. The van der Waals surface area contributed by atoms with E-state index >= 15 is 0 Å². The van der Waals surface area contributed by atoms with Gasteiger partial charge in [-0.15, -0.1) is 35.3 Å². The first-order valence-corrected chi connectivity index (χ1v) is 10.2. The molecule has 7 heteroatoms. The smallest absolute Gasteiger partial charge is 0.191 e. The Bertz CT molecular complexity index is 633. The number of thiophene rings is 1. The Kier molecular flexibility index (Phi) is 8.90. The topological polar surface area (TPSA) is 54.2 Å². The number of hydrogen-bond donors (Lipinski definition) is 2. The van der Waals surface area contributed by atoms with Crippen LogP contribution in [0.25, 0.3) is 0 Å². The molecule has 0 aliphatic heterocycles. The maximum atomic E-state index is 4.96. The third-order valence-corrected chi connectivity index (χ3v) is 6.08. The van der Waals surface area contributed by atoms with Crippen molar-refractivity contribution in [2.24, 2.45) is 4.99 Å². The summed E-state index contributed by atoms with van der Waals surface area (Å²) in [4.78, 5) is 10.5. The first-order chi connectivity index (χ1) is 12.3. The van der Waals surface area contributed by atoms with E-state index in [1.807, 2.05) is 30.1 Å². The van der Waals surface area contributed by atoms with Crippen molar-refractivity contribution in [1.29, 1.82) is 0 Å². The molecule has 3 rings (SSSR count). The predicted molar refractivity (Wildman–Crippen MR) is 121 cm³/mol. The van der Waals surface area contributed by atoms with Crippen LogP contribution in [-0.2, 0) is 12.0 Å². The maximum absolute atomic E-state index is 4.96. The summed E-state index contributed by atoms with van der Waals surface area (Å²) < 4.78 is 2.07. The zero-order valence-electron chi connectivity index (χ0n) is 15.5. The molecule has 0 radical (unpaired) electrons. The molecule has 144 valence electrons. The lowest BCUT2D eigenvalue weighted by Crippen LogP contribution is -2.40. The number of nitrogens with one attached hydrogen (secondary N) is 2. The number of rotatable bonds is 7. The number of imidazole rings is 1. The molecule has 2 N–H and O–H groups in total. The van der Waals surface area contributed by atoms with Crippen LogP contribution in [0.1, 0.15) is 43.9 Å². The van der Waals surface area contributed by atoms with E-state index in [0.717, 1.165) is 32.1 Å². The lowest BCUT2D eigenvalue weighted by Gasteiger charge is -2.35. The molecule has 0 spiro atoms. The molecule has 1 aliphatic carbocycles. The van der Waals surface area contributed by atoms with E-state index < -0.39 is 0 Å². The molecule has 1 aliphatic rings. The van der Waals surface area contributed by atoms with Crippen LogP contribution in [0.4, 0.5) is 0 Å². The summed E-state index contributed by atoms with van der Waals surface area (Å²) in [6.45, 7) is 5.59. The summed E-state index contributed by atoms with van der Waals surface area (Å²) in [6, 6.07) is 4.47. The van der Waals surface area contributed by atoms with E-state index in [9.17, 15) is 0 Å². The molecule has 0 bridgehead atoms. The monoisotopic (exact) mass is 487 g/mol. The highest BCUT2D eigenvalue weighted by Gasteiger charge is 2.34. The fourth-order valence-electron chi connectivity index (χ4n) is 3.59. The van der Waals surface area contributed by atoms with E-state index in [-0.39, 0.29) is 29.4 Å². The van der Waals surface area contributed by atoms with Gasteiger partial charge in [-0.1, -0.05) is 25.3 Å². The molecule has 26 heavy (non-hydrogen) atoms. The minimum Gasteiger partial charge on any atom is -0.357 e. The lowest BCUT2D eigenvalue weighted by molar-refractivity contribution is 0.306. The van der Waals surface area contributed by atoms with Gasteiger partial charge < -0.3 is 15.2 Å². The van der Waals surface area contributed by atoms with Crippen molar-refractivity contribution in [2.45, 2.75) is 51.0 Å².